The number of hydrogen-bond acceptors (Lipinski definition) is 3. The maximum Gasteiger partial charge on any atom is 0.0992 e. The minimum Gasteiger partial charge on any atom is -0.314 e. The van der Waals surface area contributed by atoms with Crippen LogP contribution in [-0.4, -0.2) is 30.6 Å². The van der Waals surface area contributed by atoms with Gasteiger partial charge in [0.05, 0.1) is 11.6 Å². The van der Waals surface area contributed by atoms with E-state index in [0.29, 0.717) is 10.6 Å². The van der Waals surface area contributed by atoms with Gasteiger partial charge in [-0.1, -0.05) is 17.7 Å². The normalized spacial score (nSPS) is 24.1. The summed E-state index contributed by atoms with van der Waals surface area (Å²) in [6, 6.07) is 8.50. The van der Waals surface area contributed by atoms with E-state index in [1.165, 1.54) is 32.2 Å². The molecular formula is C17H22ClN3. The average molecular weight is 304 g/mol. The maximum absolute atomic E-state index is 8.88. The lowest BCUT2D eigenvalue weighted by molar-refractivity contribution is 0.157. The first-order chi connectivity index (χ1) is 10.3. The van der Waals surface area contributed by atoms with Crippen LogP contribution in [0.15, 0.2) is 18.2 Å². The molecule has 2 aliphatic heterocycles. The molecule has 0 amide bonds. The van der Waals surface area contributed by atoms with Gasteiger partial charge in [-0.25, -0.2) is 0 Å². The number of rotatable bonds is 3. The summed E-state index contributed by atoms with van der Waals surface area (Å²) in [4.78, 5) is 2.48. The van der Waals surface area contributed by atoms with Crippen LogP contribution in [-0.2, 0) is 6.54 Å². The van der Waals surface area contributed by atoms with Crippen molar-refractivity contribution in [3.63, 3.8) is 0 Å². The smallest absolute Gasteiger partial charge is 0.0992 e. The quantitative estimate of drug-likeness (QED) is 0.932. The molecule has 1 aromatic rings. The van der Waals surface area contributed by atoms with Gasteiger partial charge in [0.2, 0.25) is 0 Å². The second kappa shape index (κ2) is 6.79. The Morgan fingerprint density at radius 3 is 2.71 bits per heavy atom. The first-order valence-corrected chi connectivity index (χ1v) is 8.28. The number of nitrogens with one attached hydrogen (secondary N) is 1. The van der Waals surface area contributed by atoms with Crippen molar-refractivity contribution >= 4 is 11.6 Å². The molecule has 1 aromatic carbocycles. The van der Waals surface area contributed by atoms with Gasteiger partial charge in [0.15, 0.2) is 0 Å². The molecule has 2 heterocycles. The second-order valence-electron chi connectivity index (χ2n) is 6.23. The molecule has 1 atom stereocenters. The Balaban J connectivity index is 1.54. The standard InChI is InChI=1S/C17H22ClN3/c18-16-10-13(11-19)3-4-15(16)12-21-8-5-14(6-9-21)17-2-1-7-20-17/h3-4,10,14,17,20H,1-2,5-9,12H2. The van der Waals surface area contributed by atoms with Gasteiger partial charge in [-0.05, 0) is 68.9 Å². The lowest BCUT2D eigenvalue weighted by Crippen LogP contribution is -2.40. The van der Waals surface area contributed by atoms with Crippen molar-refractivity contribution in [2.75, 3.05) is 19.6 Å². The summed E-state index contributed by atoms with van der Waals surface area (Å²) in [5.74, 6) is 0.847. The summed E-state index contributed by atoms with van der Waals surface area (Å²) in [6.45, 7) is 4.40. The van der Waals surface area contributed by atoms with Crippen molar-refractivity contribution < 1.29 is 0 Å². The number of piperidine rings is 1. The predicted octanol–water partition coefficient (Wildman–Crippen LogP) is 3.18. The van der Waals surface area contributed by atoms with E-state index in [9.17, 15) is 0 Å². The van der Waals surface area contributed by atoms with Crippen molar-refractivity contribution in [2.45, 2.75) is 38.3 Å². The minimum absolute atomic E-state index is 0.634. The van der Waals surface area contributed by atoms with Crippen LogP contribution in [0.1, 0.15) is 36.8 Å². The molecule has 4 heteroatoms. The zero-order chi connectivity index (χ0) is 14.7. The van der Waals surface area contributed by atoms with Gasteiger partial charge < -0.3 is 5.32 Å². The van der Waals surface area contributed by atoms with E-state index in [-0.39, 0.29) is 0 Å². The first-order valence-electron chi connectivity index (χ1n) is 7.90. The third kappa shape index (κ3) is 3.58. The van der Waals surface area contributed by atoms with Crippen molar-refractivity contribution in [3.8, 4) is 6.07 Å². The number of nitriles is 1. The van der Waals surface area contributed by atoms with Crippen LogP contribution in [0.25, 0.3) is 0 Å². The van der Waals surface area contributed by atoms with Crippen molar-refractivity contribution in [2.24, 2.45) is 5.92 Å². The Bertz CT molecular complexity index is 523. The predicted molar refractivity (Wildman–Crippen MR) is 85.2 cm³/mol. The Kier molecular flexibility index (Phi) is 4.80. The molecule has 0 radical (unpaired) electrons. The van der Waals surface area contributed by atoms with Crippen LogP contribution in [0.3, 0.4) is 0 Å². The average Bonchev–Trinajstić information content (AvgIpc) is 3.04. The molecule has 21 heavy (non-hydrogen) atoms. The summed E-state index contributed by atoms with van der Waals surface area (Å²) < 4.78 is 0. The molecule has 112 valence electrons. The first kappa shape index (κ1) is 14.8. The zero-order valence-electron chi connectivity index (χ0n) is 12.3. The molecular weight excluding hydrogens is 282 g/mol. The van der Waals surface area contributed by atoms with E-state index in [0.717, 1.165) is 37.2 Å². The molecule has 2 saturated heterocycles. The van der Waals surface area contributed by atoms with Crippen LogP contribution in [0.5, 0.6) is 0 Å². The minimum atomic E-state index is 0.634. The Labute approximate surface area is 131 Å². The summed E-state index contributed by atoms with van der Waals surface area (Å²) in [6.07, 6.45) is 5.26. The fraction of sp³-hybridized carbons (Fsp3) is 0.588. The van der Waals surface area contributed by atoms with E-state index < -0.39 is 0 Å². The van der Waals surface area contributed by atoms with E-state index in [2.05, 4.69) is 16.3 Å². The number of hydrogen-bond donors (Lipinski definition) is 1. The molecule has 3 rings (SSSR count). The van der Waals surface area contributed by atoms with E-state index in [4.69, 9.17) is 16.9 Å². The van der Waals surface area contributed by atoms with Crippen LogP contribution in [0.4, 0.5) is 0 Å². The molecule has 0 aliphatic carbocycles. The van der Waals surface area contributed by atoms with Crippen LogP contribution in [0.2, 0.25) is 5.02 Å². The van der Waals surface area contributed by atoms with Crippen LogP contribution in [0, 0.1) is 17.2 Å². The highest BCUT2D eigenvalue weighted by Crippen LogP contribution is 2.27. The van der Waals surface area contributed by atoms with Crippen molar-refractivity contribution in [3.05, 3.63) is 34.3 Å². The highest BCUT2D eigenvalue weighted by molar-refractivity contribution is 6.31. The topological polar surface area (TPSA) is 39.1 Å². The van der Waals surface area contributed by atoms with Gasteiger partial charge in [-0.3, -0.25) is 4.90 Å². The fourth-order valence-corrected chi connectivity index (χ4v) is 3.85. The Morgan fingerprint density at radius 1 is 1.29 bits per heavy atom. The number of benzene rings is 1. The van der Waals surface area contributed by atoms with Crippen molar-refractivity contribution in [1.82, 2.24) is 10.2 Å². The molecule has 2 aliphatic rings. The summed E-state index contributed by atoms with van der Waals surface area (Å²) in [5, 5.41) is 13.2. The highest BCUT2D eigenvalue weighted by Gasteiger charge is 2.28. The number of nitrogens with zero attached hydrogens (tertiary/aromatic N) is 2. The maximum atomic E-state index is 8.88. The molecule has 0 aromatic heterocycles. The van der Waals surface area contributed by atoms with E-state index >= 15 is 0 Å². The van der Waals surface area contributed by atoms with E-state index in [1.54, 1.807) is 6.07 Å². The van der Waals surface area contributed by atoms with Gasteiger partial charge in [-0.15, -0.1) is 0 Å². The zero-order valence-corrected chi connectivity index (χ0v) is 13.1. The molecule has 0 saturated carbocycles. The molecule has 2 fully saturated rings. The molecule has 1 N–H and O–H groups in total. The highest BCUT2D eigenvalue weighted by atomic mass is 35.5. The second-order valence-corrected chi connectivity index (χ2v) is 6.64. The van der Waals surface area contributed by atoms with Crippen molar-refractivity contribution in [1.29, 1.82) is 5.26 Å². The number of halogens is 1. The Hall–Kier alpha value is -1.08. The van der Waals surface area contributed by atoms with Gasteiger partial charge in [0.25, 0.3) is 0 Å². The third-order valence-electron chi connectivity index (χ3n) is 4.88. The summed E-state index contributed by atoms with van der Waals surface area (Å²) >= 11 is 6.27. The van der Waals surface area contributed by atoms with Crippen LogP contribution >= 0.6 is 11.6 Å². The summed E-state index contributed by atoms with van der Waals surface area (Å²) in [5.41, 5.74) is 1.77. The van der Waals surface area contributed by atoms with Gasteiger partial charge in [0.1, 0.15) is 0 Å². The molecule has 1 unspecified atom stereocenters. The fourth-order valence-electron chi connectivity index (χ4n) is 3.61. The largest absolute Gasteiger partial charge is 0.314 e. The number of likely N-dealkylation sites (tertiary alicyclic amines) is 1. The molecule has 0 bridgehead atoms. The monoisotopic (exact) mass is 303 g/mol. The Morgan fingerprint density at radius 2 is 2.10 bits per heavy atom. The van der Waals surface area contributed by atoms with E-state index in [1.807, 2.05) is 12.1 Å². The molecule has 0 spiro atoms. The lowest BCUT2D eigenvalue weighted by Gasteiger charge is -2.35. The molecule has 3 nitrogen and oxygen atoms in total. The van der Waals surface area contributed by atoms with Gasteiger partial charge in [-0.2, -0.15) is 5.26 Å². The van der Waals surface area contributed by atoms with Gasteiger partial charge >= 0.3 is 0 Å². The van der Waals surface area contributed by atoms with Crippen LogP contribution < -0.4 is 5.32 Å². The lowest BCUT2D eigenvalue weighted by atomic mass is 9.88. The summed E-state index contributed by atoms with van der Waals surface area (Å²) in [7, 11) is 0. The SMILES string of the molecule is N#Cc1ccc(CN2CCC(C3CCCN3)CC2)c(Cl)c1. The third-order valence-corrected chi connectivity index (χ3v) is 5.23. The van der Waals surface area contributed by atoms with Gasteiger partial charge in [0, 0.05) is 17.6 Å².